The van der Waals surface area contributed by atoms with Crippen LogP contribution in [0.1, 0.15) is 37.6 Å². The second kappa shape index (κ2) is 11.8. The van der Waals surface area contributed by atoms with Crippen LogP contribution in [0.15, 0.2) is 43.1 Å². The Labute approximate surface area is 191 Å². The van der Waals surface area contributed by atoms with Crippen LogP contribution < -0.4 is 16.1 Å². The predicted octanol–water partition coefficient (Wildman–Crippen LogP) is 1.61. The van der Waals surface area contributed by atoms with Gasteiger partial charge in [-0.25, -0.2) is 10.3 Å². The van der Waals surface area contributed by atoms with Gasteiger partial charge >= 0.3 is 5.97 Å². The molecular formula is C23H30N4O6. The molecule has 2 rings (SSSR count). The molecule has 0 fully saturated rings. The van der Waals surface area contributed by atoms with Crippen LogP contribution in [-0.2, 0) is 25.8 Å². The van der Waals surface area contributed by atoms with Gasteiger partial charge in [-0.15, -0.1) is 6.58 Å². The number of amides is 3. The molecule has 1 aromatic carbocycles. The summed E-state index contributed by atoms with van der Waals surface area (Å²) in [5, 5.41) is 15.0. The summed E-state index contributed by atoms with van der Waals surface area (Å²) in [6.45, 7) is 8.76. The quantitative estimate of drug-likeness (QED) is 0.217. The molecule has 0 unspecified atom stereocenters. The third kappa shape index (κ3) is 7.18. The number of fused-ring (bicyclic) bond motifs is 1. The number of hydrogen-bond acceptors (Lipinski definition) is 5. The number of benzene rings is 1. The van der Waals surface area contributed by atoms with Gasteiger partial charge in [0.1, 0.15) is 18.6 Å². The SMILES string of the molecule is C=CCONC(=O)Cn1cc(C(=O)N[C@@H](C)C(=O)N[C@@H](CC(C)C)C(=O)O)c2ccccc21. The predicted molar refractivity (Wildman–Crippen MR) is 122 cm³/mol. The molecule has 0 bridgehead atoms. The second-order valence-corrected chi connectivity index (χ2v) is 8.04. The van der Waals surface area contributed by atoms with Crippen molar-refractivity contribution in [2.45, 2.75) is 45.8 Å². The highest BCUT2D eigenvalue weighted by molar-refractivity contribution is 6.08. The number of carbonyl (C=O) groups is 4. The van der Waals surface area contributed by atoms with Gasteiger partial charge in [-0.2, -0.15) is 0 Å². The molecule has 0 saturated carbocycles. The molecule has 2 atom stereocenters. The van der Waals surface area contributed by atoms with E-state index in [1.807, 2.05) is 13.8 Å². The Hall–Kier alpha value is -3.66. The summed E-state index contributed by atoms with van der Waals surface area (Å²) in [6, 6.07) is 5.04. The minimum Gasteiger partial charge on any atom is -0.480 e. The lowest BCUT2D eigenvalue weighted by atomic mass is 10.0. The van der Waals surface area contributed by atoms with E-state index >= 15 is 0 Å². The largest absolute Gasteiger partial charge is 0.480 e. The monoisotopic (exact) mass is 458 g/mol. The van der Waals surface area contributed by atoms with Crippen LogP contribution in [-0.4, -0.2) is 52.1 Å². The topological polar surface area (TPSA) is 139 Å². The third-order valence-electron chi connectivity index (χ3n) is 4.80. The number of rotatable bonds is 12. The molecule has 10 heteroatoms. The van der Waals surface area contributed by atoms with E-state index in [-0.39, 0.29) is 31.1 Å². The molecule has 1 aromatic heterocycles. The van der Waals surface area contributed by atoms with Crippen LogP contribution in [0.3, 0.4) is 0 Å². The summed E-state index contributed by atoms with van der Waals surface area (Å²) >= 11 is 0. The Kier molecular flexibility index (Phi) is 9.17. The van der Waals surface area contributed by atoms with Crippen molar-refractivity contribution < 1.29 is 29.1 Å². The Morgan fingerprint density at radius 1 is 1.15 bits per heavy atom. The van der Waals surface area contributed by atoms with Gasteiger partial charge in [0.2, 0.25) is 5.91 Å². The van der Waals surface area contributed by atoms with E-state index in [4.69, 9.17) is 4.84 Å². The normalized spacial score (nSPS) is 12.7. The molecular weight excluding hydrogens is 428 g/mol. The molecule has 0 aliphatic heterocycles. The van der Waals surface area contributed by atoms with Gasteiger partial charge in [-0.3, -0.25) is 19.2 Å². The maximum Gasteiger partial charge on any atom is 0.326 e. The molecule has 0 aliphatic carbocycles. The van der Waals surface area contributed by atoms with Gasteiger partial charge in [0.05, 0.1) is 12.2 Å². The Morgan fingerprint density at radius 3 is 2.48 bits per heavy atom. The van der Waals surface area contributed by atoms with E-state index in [2.05, 4.69) is 22.7 Å². The number of para-hydroxylation sites is 1. The number of aliphatic carboxylic acids is 1. The number of nitrogens with zero attached hydrogens (tertiary/aromatic N) is 1. The standard InChI is InChI=1S/C23H30N4O6/c1-5-10-33-26-20(28)13-27-12-17(16-8-6-7-9-19(16)27)22(30)24-15(4)21(29)25-18(23(31)32)11-14(2)3/h5-9,12,14-15,18H,1,10-11,13H2,2-4H3,(H,24,30)(H,25,29)(H,26,28)(H,31,32)/t15-,18-/m0/s1. The highest BCUT2D eigenvalue weighted by Gasteiger charge is 2.26. The Bertz CT molecular complexity index is 1030. The first-order valence-electron chi connectivity index (χ1n) is 10.6. The summed E-state index contributed by atoms with van der Waals surface area (Å²) < 4.78 is 1.60. The molecule has 1 heterocycles. The van der Waals surface area contributed by atoms with Crippen molar-refractivity contribution in [3.05, 3.63) is 48.7 Å². The van der Waals surface area contributed by atoms with Crippen molar-refractivity contribution in [2.24, 2.45) is 5.92 Å². The van der Waals surface area contributed by atoms with E-state index < -0.39 is 35.8 Å². The molecule has 10 nitrogen and oxygen atoms in total. The number of carbonyl (C=O) groups excluding carboxylic acids is 3. The van der Waals surface area contributed by atoms with E-state index in [1.165, 1.54) is 19.2 Å². The molecule has 0 saturated heterocycles. The van der Waals surface area contributed by atoms with Crippen LogP contribution >= 0.6 is 0 Å². The van der Waals surface area contributed by atoms with Crippen molar-refractivity contribution in [1.82, 2.24) is 20.7 Å². The molecule has 0 aliphatic rings. The van der Waals surface area contributed by atoms with Gasteiger partial charge in [0.15, 0.2) is 0 Å². The fraction of sp³-hybridized carbons (Fsp3) is 0.391. The highest BCUT2D eigenvalue weighted by atomic mass is 16.6. The Balaban J connectivity index is 2.14. The summed E-state index contributed by atoms with van der Waals surface area (Å²) in [5.41, 5.74) is 3.22. The average Bonchev–Trinajstić information content (AvgIpc) is 3.11. The van der Waals surface area contributed by atoms with Gasteiger partial charge in [0, 0.05) is 17.1 Å². The fourth-order valence-electron chi connectivity index (χ4n) is 3.26. The first kappa shape index (κ1) is 25.6. The molecule has 0 spiro atoms. The molecule has 178 valence electrons. The molecule has 2 aromatic rings. The van der Waals surface area contributed by atoms with E-state index in [1.54, 1.807) is 28.8 Å². The third-order valence-corrected chi connectivity index (χ3v) is 4.80. The number of nitrogens with one attached hydrogen (secondary N) is 3. The van der Waals surface area contributed by atoms with Crippen LogP contribution in [0.4, 0.5) is 0 Å². The zero-order valence-corrected chi connectivity index (χ0v) is 19.0. The maximum atomic E-state index is 12.9. The zero-order valence-electron chi connectivity index (χ0n) is 19.0. The van der Waals surface area contributed by atoms with Crippen LogP contribution in [0.25, 0.3) is 10.9 Å². The molecule has 33 heavy (non-hydrogen) atoms. The van der Waals surface area contributed by atoms with Crippen LogP contribution in [0, 0.1) is 5.92 Å². The van der Waals surface area contributed by atoms with Crippen molar-refractivity contribution in [3.63, 3.8) is 0 Å². The molecule has 3 amide bonds. The van der Waals surface area contributed by atoms with E-state index in [0.717, 1.165) is 0 Å². The summed E-state index contributed by atoms with van der Waals surface area (Å²) in [7, 11) is 0. The highest BCUT2D eigenvalue weighted by Crippen LogP contribution is 2.21. The van der Waals surface area contributed by atoms with Crippen molar-refractivity contribution in [1.29, 1.82) is 0 Å². The number of aromatic nitrogens is 1. The number of carboxylic acid groups (broad SMARTS) is 1. The summed E-state index contributed by atoms with van der Waals surface area (Å²) in [4.78, 5) is 53.9. The minimum atomic E-state index is -1.13. The fourth-order valence-corrected chi connectivity index (χ4v) is 3.26. The van der Waals surface area contributed by atoms with Gasteiger partial charge in [-0.1, -0.05) is 38.1 Å². The summed E-state index contributed by atoms with van der Waals surface area (Å²) in [6.07, 6.45) is 3.29. The number of hydrogen-bond donors (Lipinski definition) is 4. The lowest BCUT2D eigenvalue weighted by molar-refractivity contribution is -0.142. The van der Waals surface area contributed by atoms with E-state index in [9.17, 15) is 24.3 Å². The minimum absolute atomic E-state index is 0.0711. The number of hydroxylamine groups is 1. The lowest BCUT2D eigenvalue weighted by Crippen LogP contribution is -2.50. The number of carboxylic acids is 1. The average molecular weight is 459 g/mol. The zero-order chi connectivity index (χ0) is 24.5. The summed E-state index contributed by atoms with van der Waals surface area (Å²) in [5.74, 6) is -2.59. The van der Waals surface area contributed by atoms with Crippen molar-refractivity contribution in [3.8, 4) is 0 Å². The molecule has 0 radical (unpaired) electrons. The first-order chi connectivity index (χ1) is 15.6. The second-order valence-electron chi connectivity index (χ2n) is 8.04. The van der Waals surface area contributed by atoms with E-state index in [0.29, 0.717) is 10.9 Å². The van der Waals surface area contributed by atoms with Gasteiger partial charge in [0.25, 0.3) is 11.8 Å². The lowest BCUT2D eigenvalue weighted by Gasteiger charge is -2.20. The van der Waals surface area contributed by atoms with Gasteiger partial charge < -0.3 is 20.3 Å². The van der Waals surface area contributed by atoms with Gasteiger partial charge in [-0.05, 0) is 25.3 Å². The molecule has 4 N–H and O–H groups in total. The van der Waals surface area contributed by atoms with Crippen molar-refractivity contribution in [2.75, 3.05) is 6.61 Å². The first-order valence-corrected chi connectivity index (χ1v) is 10.6. The van der Waals surface area contributed by atoms with Crippen LogP contribution in [0.2, 0.25) is 0 Å². The Morgan fingerprint density at radius 2 is 1.85 bits per heavy atom. The smallest absolute Gasteiger partial charge is 0.326 e. The maximum absolute atomic E-state index is 12.9. The van der Waals surface area contributed by atoms with Crippen molar-refractivity contribution >= 4 is 34.6 Å². The van der Waals surface area contributed by atoms with Crippen LogP contribution in [0.5, 0.6) is 0 Å².